The molecular formula is C19H14BrClN2O3. The van der Waals surface area contributed by atoms with Gasteiger partial charge in [-0.3, -0.25) is 9.78 Å². The lowest BCUT2D eigenvalue weighted by molar-refractivity contribution is -0.139. The van der Waals surface area contributed by atoms with E-state index >= 15 is 0 Å². The summed E-state index contributed by atoms with van der Waals surface area (Å²) in [4.78, 5) is 28.5. The lowest BCUT2D eigenvalue weighted by Gasteiger charge is -2.16. The molecule has 0 fully saturated rings. The van der Waals surface area contributed by atoms with Crippen LogP contribution in [0.3, 0.4) is 0 Å². The predicted octanol–water partition coefficient (Wildman–Crippen LogP) is 4.08. The first kappa shape index (κ1) is 18.4. The molecule has 0 saturated heterocycles. The van der Waals surface area contributed by atoms with Gasteiger partial charge in [0.05, 0.1) is 11.1 Å². The fraction of sp³-hybridized carbons (Fsp3) is 0.105. The van der Waals surface area contributed by atoms with Gasteiger partial charge < -0.3 is 10.4 Å². The third-order valence-electron chi connectivity index (χ3n) is 3.93. The number of halogens is 2. The van der Waals surface area contributed by atoms with Crippen molar-refractivity contribution in [2.75, 3.05) is 0 Å². The summed E-state index contributed by atoms with van der Waals surface area (Å²) in [6.07, 6.45) is 1.63. The molecule has 0 aliphatic heterocycles. The SMILES string of the molecule is O=C(N[C@H](Cc1cc(Cl)ccc1Br)C(=O)O)c1ccnc2ccccc12. The molecule has 2 N–H and O–H groups in total. The monoisotopic (exact) mass is 432 g/mol. The van der Waals surface area contributed by atoms with Crippen LogP contribution in [0.15, 0.2) is 59.2 Å². The maximum Gasteiger partial charge on any atom is 0.326 e. The van der Waals surface area contributed by atoms with Gasteiger partial charge in [-0.25, -0.2) is 4.79 Å². The summed E-state index contributed by atoms with van der Waals surface area (Å²) >= 11 is 9.36. The maximum absolute atomic E-state index is 12.7. The van der Waals surface area contributed by atoms with Crippen molar-refractivity contribution >= 4 is 50.3 Å². The molecule has 132 valence electrons. The van der Waals surface area contributed by atoms with E-state index in [1.54, 1.807) is 42.5 Å². The molecule has 0 spiro atoms. The number of aromatic nitrogens is 1. The molecule has 0 unspecified atom stereocenters. The number of carboxylic acid groups (broad SMARTS) is 1. The normalized spacial score (nSPS) is 11.9. The molecule has 3 aromatic rings. The van der Waals surface area contributed by atoms with Crippen LogP contribution in [-0.4, -0.2) is 28.0 Å². The Morgan fingerprint density at radius 3 is 2.73 bits per heavy atom. The Kier molecular flexibility index (Phi) is 5.54. The van der Waals surface area contributed by atoms with E-state index in [0.29, 0.717) is 27.1 Å². The topological polar surface area (TPSA) is 79.3 Å². The fourth-order valence-corrected chi connectivity index (χ4v) is 3.25. The summed E-state index contributed by atoms with van der Waals surface area (Å²) in [6.45, 7) is 0. The average molecular weight is 434 g/mol. The van der Waals surface area contributed by atoms with E-state index in [9.17, 15) is 14.7 Å². The number of nitrogens with one attached hydrogen (secondary N) is 1. The van der Waals surface area contributed by atoms with E-state index in [4.69, 9.17) is 11.6 Å². The molecule has 1 heterocycles. The molecule has 0 bridgehead atoms. The number of aliphatic carboxylic acids is 1. The third-order valence-corrected chi connectivity index (χ3v) is 4.94. The summed E-state index contributed by atoms with van der Waals surface area (Å²) in [5.41, 5.74) is 1.75. The van der Waals surface area contributed by atoms with Gasteiger partial charge in [-0.05, 0) is 35.9 Å². The van der Waals surface area contributed by atoms with E-state index in [1.807, 2.05) is 6.07 Å². The second-order valence-electron chi connectivity index (χ2n) is 5.68. The highest BCUT2D eigenvalue weighted by molar-refractivity contribution is 9.10. The molecule has 5 nitrogen and oxygen atoms in total. The van der Waals surface area contributed by atoms with Gasteiger partial charge in [0.15, 0.2) is 0 Å². The van der Waals surface area contributed by atoms with Gasteiger partial charge in [0, 0.05) is 27.5 Å². The molecule has 26 heavy (non-hydrogen) atoms. The second kappa shape index (κ2) is 7.85. The zero-order valence-corrected chi connectivity index (χ0v) is 15.8. The Balaban J connectivity index is 1.87. The first-order chi connectivity index (χ1) is 12.5. The number of carbonyl (C=O) groups is 2. The Bertz CT molecular complexity index is 988. The summed E-state index contributed by atoms with van der Waals surface area (Å²) in [7, 11) is 0. The summed E-state index contributed by atoms with van der Waals surface area (Å²) < 4.78 is 0.733. The molecule has 3 rings (SSSR count). The highest BCUT2D eigenvalue weighted by Crippen LogP contribution is 2.23. The average Bonchev–Trinajstić information content (AvgIpc) is 2.63. The standard InChI is InChI=1S/C19H14BrClN2O3/c20-15-6-5-12(21)9-11(15)10-17(19(25)26)23-18(24)14-7-8-22-16-4-2-1-3-13(14)16/h1-9,17H,10H2,(H,23,24)(H,25,26)/t17-/m1/s1. The van der Waals surface area contributed by atoms with Crippen molar-refractivity contribution in [2.45, 2.75) is 12.5 Å². The Morgan fingerprint density at radius 2 is 1.96 bits per heavy atom. The van der Waals surface area contributed by atoms with Crippen molar-refractivity contribution in [1.29, 1.82) is 0 Å². The number of hydrogen-bond acceptors (Lipinski definition) is 3. The van der Waals surface area contributed by atoms with Crippen LogP contribution in [-0.2, 0) is 11.2 Å². The number of rotatable bonds is 5. The predicted molar refractivity (Wildman–Crippen MR) is 103 cm³/mol. The van der Waals surface area contributed by atoms with Crippen LogP contribution in [0.25, 0.3) is 10.9 Å². The van der Waals surface area contributed by atoms with Gasteiger partial charge in [-0.15, -0.1) is 0 Å². The molecule has 0 saturated carbocycles. The van der Waals surface area contributed by atoms with Crippen LogP contribution >= 0.6 is 27.5 Å². The minimum Gasteiger partial charge on any atom is -0.480 e. The van der Waals surface area contributed by atoms with Crippen LogP contribution in [0.1, 0.15) is 15.9 Å². The zero-order chi connectivity index (χ0) is 18.7. The Labute approximate surface area is 163 Å². The second-order valence-corrected chi connectivity index (χ2v) is 6.97. The van der Waals surface area contributed by atoms with E-state index < -0.39 is 17.9 Å². The van der Waals surface area contributed by atoms with Gasteiger partial charge in [0.1, 0.15) is 6.04 Å². The Hall–Kier alpha value is -2.44. The van der Waals surface area contributed by atoms with Crippen molar-refractivity contribution in [1.82, 2.24) is 10.3 Å². The minimum absolute atomic E-state index is 0.102. The van der Waals surface area contributed by atoms with E-state index in [1.165, 1.54) is 6.20 Å². The molecule has 7 heteroatoms. The lowest BCUT2D eigenvalue weighted by Crippen LogP contribution is -2.42. The van der Waals surface area contributed by atoms with E-state index in [-0.39, 0.29) is 6.42 Å². The van der Waals surface area contributed by atoms with Crippen LogP contribution < -0.4 is 5.32 Å². The molecule has 1 amide bonds. The van der Waals surface area contributed by atoms with Crippen molar-refractivity contribution in [3.63, 3.8) is 0 Å². The third kappa shape index (κ3) is 4.03. The quantitative estimate of drug-likeness (QED) is 0.635. The summed E-state index contributed by atoms with van der Waals surface area (Å²) in [5, 5.41) is 13.3. The molecule has 0 radical (unpaired) electrons. The van der Waals surface area contributed by atoms with Crippen molar-refractivity contribution in [3.8, 4) is 0 Å². The van der Waals surface area contributed by atoms with Crippen molar-refractivity contribution < 1.29 is 14.7 Å². The largest absolute Gasteiger partial charge is 0.480 e. The molecule has 1 atom stereocenters. The number of fused-ring (bicyclic) bond motifs is 1. The van der Waals surface area contributed by atoms with Gasteiger partial charge in [0.25, 0.3) is 5.91 Å². The zero-order valence-electron chi connectivity index (χ0n) is 13.4. The van der Waals surface area contributed by atoms with Crippen LogP contribution in [0.4, 0.5) is 0 Å². The van der Waals surface area contributed by atoms with Crippen molar-refractivity contribution in [2.24, 2.45) is 0 Å². The summed E-state index contributed by atoms with van der Waals surface area (Å²) in [6, 6.07) is 12.8. The minimum atomic E-state index is -1.12. The first-order valence-corrected chi connectivity index (χ1v) is 8.94. The van der Waals surface area contributed by atoms with Crippen molar-refractivity contribution in [3.05, 3.63) is 75.4 Å². The molecule has 0 aliphatic rings. The van der Waals surface area contributed by atoms with Crippen LogP contribution in [0.2, 0.25) is 5.02 Å². The van der Waals surface area contributed by atoms with Gasteiger partial charge in [-0.1, -0.05) is 45.7 Å². The maximum atomic E-state index is 12.7. The number of para-hydroxylation sites is 1. The molecule has 2 aromatic carbocycles. The van der Waals surface area contributed by atoms with Gasteiger partial charge >= 0.3 is 5.97 Å². The van der Waals surface area contributed by atoms with E-state index in [0.717, 1.165) is 4.47 Å². The number of pyridine rings is 1. The van der Waals surface area contributed by atoms with Crippen LogP contribution in [0.5, 0.6) is 0 Å². The first-order valence-electron chi connectivity index (χ1n) is 7.77. The number of carbonyl (C=O) groups excluding carboxylic acids is 1. The smallest absolute Gasteiger partial charge is 0.326 e. The molecular weight excluding hydrogens is 420 g/mol. The molecule has 0 aliphatic carbocycles. The van der Waals surface area contributed by atoms with E-state index in [2.05, 4.69) is 26.2 Å². The van der Waals surface area contributed by atoms with Gasteiger partial charge in [0.2, 0.25) is 0 Å². The Morgan fingerprint density at radius 1 is 1.19 bits per heavy atom. The molecule has 1 aromatic heterocycles. The highest BCUT2D eigenvalue weighted by Gasteiger charge is 2.23. The highest BCUT2D eigenvalue weighted by atomic mass is 79.9. The summed E-state index contributed by atoms with van der Waals surface area (Å²) in [5.74, 6) is -1.59. The van der Waals surface area contributed by atoms with Gasteiger partial charge in [-0.2, -0.15) is 0 Å². The number of benzene rings is 2. The van der Waals surface area contributed by atoms with Crippen LogP contribution in [0, 0.1) is 0 Å². The number of amides is 1. The number of hydrogen-bond donors (Lipinski definition) is 2. The fourth-order valence-electron chi connectivity index (χ4n) is 2.65. The number of nitrogens with zero attached hydrogens (tertiary/aromatic N) is 1. The number of carboxylic acids is 1. The lowest BCUT2D eigenvalue weighted by atomic mass is 10.0.